The highest BCUT2D eigenvalue weighted by Crippen LogP contribution is 2.45. The Morgan fingerprint density at radius 3 is 2.11 bits per heavy atom. The molecule has 114 valence electrons. The highest BCUT2D eigenvalue weighted by atomic mass is 19.4. The van der Waals surface area contributed by atoms with Crippen LogP contribution in [0.4, 0.5) is 13.2 Å². The molecule has 5 heteroatoms. The highest BCUT2D eigenvalue weighted by molar-refractivity contribution is 4.92. The Bertz CT molecular complexity index is 271. The molecule has 0 spiro atoms. The van der Waals surface area contributed by atoms with Crippen LogP contribution in [0.5, 0.6) is 0 Å². The Kier molecular flexibility index (Phi) is 5.29. The van der Waals surface area contributed by atoms with Gasteiger partial charge in [0, 0.05) is 12.6 Å². The van der Waals surface area contributed by atoms with E-state index in [1.165, 1.54) is 6.42 Å². The van der Waals surface area contributed by atoms with E-state index in [1.54, 1.807) is 0 Å². The van der Waals surface area contributed by atoms with E-state index in [0.717, 1.165) is 12.8 Å². The molecule has 0 saturated heterocycles. The first-order valence-electron chi connectivity index (χ1n) is 6.87. The average Bonchev–Trinajstić information content (AvgIpc) is 2.09. The van der Waals surface area contributed by atoms with Crippen molar-refractivity contribution in [3.8, 4) is 0 Å². The highest BCUT2D eigenvalue weighted by Gasteiger charge is 2.38. The Hall–Kier alpha value is -0.290. The Balaban J connectivity index is 2.26. The number of hydrogen-bond acceptors (Lipinski definition) is 2. The maximum Gasteiger partial charge on any atom is 0.411 e. The second-order valence-electron chi connectivity index (χ2n) is 7.23. The predicted octanol–water partition coefficient (Wildman–Crippen LogP) is 3.76. The van der Waals surface area contributed by atoms with Crippen molar-refractivity contribution >= 4 is 0 Å². The Morgan fingerprint density at radius 2 is 1.63 bits per heavy atom. The number of ether oxygens (including phenoxy) is 1. The topological polar surface area (TPSA) is 21.3 Å². The van der Waals surface area contributed by atoms with Crippen molar-refractivity contribution in [1.82, 2.24) is 5.32 Å². The standard InChI is InChI=1S/C14H26F3NO/c1-12(2)7-11(8-13(3,4)9-12)18-5-6-19-10-14(15,16)17/h11,18H,5-10H2,1-4H3. The van der Waals surface area contributed by atoms with Gasteiger partial charge in [-0.2, -0.15) is 13.2 Å². The van der Waals surface area contributed by atoms with Gasteiger partial charge in [0.2, 0.25) is 0 Å². The van der Waals surface area contributed by atoms with Gasteiger partial charge < -0.3 is 10.1 Å². The van der Waals surface area contributed by atoms with Crippen LogP contribution in [0, 0.1) is 10.8 Å². The smallest absolute Gasteiger partial charge is 0.371 e. The number of alkyl halides is 3. The number of nitrogens with one attached hydrogen (secondary N) is 1. The fourth-order valence-corrected chi connectivity index (χ4v) is 3.51. The van der Waals surface area contributed by atoms with E-state index in [-0.39, 0.29) is 17.4 Å². The summed E-state index contributed by atoms with van der Waals surface area (Å²) < 4.78 is 40.3. The second-order valence-corrected chi connectivity index (χ2v) is 7.23. The zero-order chi connectivity index (χ0) is 14.7. The van der Waals surface area contributed by atoms with E-state index in [4.69, 9.17) is 0 Å². The number of hydrogen-bond donors (Lipinski definition) is 1. The van der Waals surface area contributed by atoms with Gasteiger partial charge in [-0.05, 0) is 30.1 Å². The maximum absolute atomic E-state index is 11.9. The molecule has 0 aromatic rings. The summed E-state index contributed by atoms with van der Waals surface area (Å²) in [5, 5.41) is 3.33. The van der Waals surface area contributed by atoms with Gasteiger partial charge in [-0.1, -0.05) is 27.7 Å². The SMILES string of the molecule is CC1(C)CC(NCCOCC(F)(F)F)CC(C)(C)C1. The van der Waals surface area contributed by atoms with Gasteiger partial charge in [0.1, 0.15) is 6.61 Å². The first-order valence-corrected chi connectivity index (χ1v) is 6.87. The monoisotopic (exact) mass is 281 g/mol. The largest absolute Gasteiger partial charge is 0.411 e. The molecule has 0 bridgehead atoms. The van der Waals surface area contributed by atoms with Crippen molar-refractivity contribution in [2.45, 2.75) is 59.2 Å². The number of rotatable bonds is 5. The van der Waals surface area contributed by atoms with Crippen LogP contribution in [0.15, 0.2) is 0 Å². The summed E-state index contributed by atoms with van der Waals surface area (Å²) in [5.41, 5.74) is 0.568. The van der Waals surface area contributed by atoms with E-state index < -0.39 is 12.8 Å². The van der Waals surface area contributed by atoms with Gasteiger partial charge >= 0.3 is 6.18 Å². The summed E-state index contributed by atoms with van der Waals surface area (Å²) in [5.74, 6) is 0. The van der Waals surface area contributed by atoms with Crippen LogP contribution in [0.25, 0.3) is 0 Å². The normalized spacial score (nSPS) is 23.5. The van der Waals surface area contributed by atoms with E-state index in [0.29, 0.717) is 12.6 Å². The molecule has 0 atom stereocenters. The predicted molar refractivity (Wildman–Crippen MR) is 70.1 cm³/mol. The quantitative estimate of drug-likeness (QED) is 0.775. The summed E-state index contributed by atoms with van der Waals surface area (Å²) >= 11 is 0. The van der Waals surface area contributed by atoms with Gasteiger partial charge in [0.25, 0.3) is 0 Å². The van der Waals surface area contributed by atoms with Crippen molar-refractivity contribution in [3.05, 3.63) is 0 Å². The summed E-state index contributed by atoms with van der Waals surface area (Å²) in [4.78, 5) is 0. The lowest BCUT2D eigenvalue weighted by molar-refractivity contribution is -0.173. The van der Waals surface area contributed by atoms with E-state index >= 15 is 0 Å². The number of halogens is 3. The molecule has 2 nitrogen and oxygen atoms in total. The van der Waals surface area contributed by atoms with Crippen molar-refractivity contribution < 1.29 is 17.9 Å². The van der Waals surface area contributed by atoms with Gasteiger partial charge in [-0.15, -0.1) is 0 Å². The molecule has 1 N–H and O–H groups in total. The van der Waals surface area contributed by atoms with Gasteiger partial charge in [-0.25, -0.2) is 0 Å². The second kappa shape index (κ2) is 6.00. The van der Waals surface area contributed by atoms with Crippen LogP contribution < -0.4 is 5.32 Å². The first kappa shape index (κ1) is 16.8. The molecule has 19 heavy (non-hydrogen) atoms. The van der Waals surface area contributed by atoms with Crippen molar-refractivity contribution in [2.24, 2.45) is 10.8 Å². The fraction of sp³-hybridized carbons (Fsp3) is 1.00. The van der Waals surface area contributed by atoms with Crippen LogP contribution in [-0.2, 0) is 4.74 Å². The van der Waals surface area contributed by atoms with E-state index in [1.807, 2.05) is 0 Å². The molecule has 0 aromatic carbocycles. The minimum atomic E-state index is -4.23. The molecule has 0 radical (unpaired) electrons. The summed E-state index contributed by atoms with van der Waals surface area (Å²) in [6.07, 6.45) is -0.914. The lowest BCUT2D eigenvalue weighted by Gasteiger charge is -2.45. The van der Waals surface area contributed by atoms with Gasteiger partial charge in [0.15, 0.2) is 0 Å². The summed E-state index contributed by atoms with van der Waals surface area (Å²) in [6.45, 7) is 8.44. The molecule has 0 aromatic heterocycles. The zero-order valence-electron chi connectivity index (χ0n) is 12.4. The van der Waals surface area contributed by atoms with Crippen LogP contribution in [0.2, 0.25) is 0 Å². The maximum atomic E-state index is 11.9. The van der Waals surface area contributed by atoms with Crippen LogP contribution in [0.1, 0.15) is 47.0 Å². The van der Waals surface area contributed by atoms with Crippen molar-refractivity contribution in [2.75, 3.05) is 19.8 Å². The fourth-order valence-electron chi connectivity index (χ4n) is 3.51. The lowest BCUT2D eigenvalue weighted by atomic mass is 9.63. The minimum absolute atomic E-state index is 0.108. The molecule has 0 heterocycles. The Labute approximate surface area is 114 Å². The van der Waals surface area contributed by atoms with Crippen molar-refractivity contribution in [1.29, 1.82) is 0 Å². The molecule has 0 unspecified atom stereocenters. The molecule has 1 aliphatic carbocycles. The minimum Gasteiger partial charge on any atom is -0.371 e. The first-order chi connectivity index (χ1) is 8.49. The molecular formula is C14H26F3NO. The Morgan fingerprint density at radius 1 is 1.11 bits per heavy atom. The third kappa shape index (κ3) is 7.16. The molecule has 0 amide bonds. The average molecular weight is 281 g/mol. The van der Waals surface area contributed by atoms with Crippen LogP contribution >= 0.6 is 0 Å². The molecule has 1 fully saturated rings. The zero-order valence-corrected chi connectivity index (χ0v) is 12.4. The molecule has 1 aliphatic rings. The third-order valence-electron chi connectivity index (χ3n) is 3.50. The summed E-state index contributed by atoms with van der Waals surface area (Å²) in [7, 11) is 0. The molecule has 1 rings (SSSR count). The van der Waals surface area contributed by atoms with Gasteiger partial charge in [0.05, 0.1) is 6.61 Å². The van der Waals surface area contributed by atoms with E-state index in [2.05, 4.69) is 37.7 Å². The van der Waals surface area contributed by atoms with Crippen LogP contribution in [-0.4, -0.2) is 32.0 Å². The van der Waals surface area contributed by atoms with Crippen LogP contribution in [0.3, 0.4) is 0 Å². The molecular weight excluding hydrogens is 255 g/mol. The van der Waals surface area contributed by atoms with Gasteiger partial charge in [-0.3, -0.25) is 0 Å². The molecule has 1 saturated carbocycles. The van der Waals surface area contributed by atoms with E-state index in [9.17, 15) is 13.2 Å². The lowest BCUT2D eigenvalue weighted by Crippen LogP contribution is -2.44. The van der Waals surface area contributed by atoms with Crippen molar-refractivity contribution in [3.63, 3.8) is 0 Å². The summed E-state index contributed by atoms with van der Waals surface area (Å²) in [6, 6.07) is 0.369. The molecule has 0 aliphatic heterocycles. The third-order valence-corrected chi connectivity index (χ3v) is 3.50.